The van der Waals surface area contributed by atoms with Crippen LogP contribution in [0.3, 0.4) is 0 Å². The Morgan fingerprint density at radius 2 is 2.00 bits per heavy atom. The van der Waals surface area contributed by atoms with Gasteiger partial charge in [0.2, 0.25) is 0 Å². The first kappa shape index (κ1) is 4.49. The third-order valence-electron chi connectivity index (χ3n) is 0.236. The van der Waals surface area contributed by atoms with Gasteiger partial charge < -0.3 is 3.79 Å². The summed E-state index contributed by atoms with van der Waals surface area (Å²) in [6.45, 7) is 0. The summed E-state index contributed by atoms with van der Waals surface area (Å²) in [6.07, 6.45) is 0. The van der Waals surface area contributed by atoms with Crippen LogP contribution < -0.4 is 0 Å². The molecule has 0 aliphatic rings. The van der Waals surface area contributed by atoms with Crippen molar-refractivity contribution in [2.45, 2.75) is 5.79 Å². The molecule has 0 bridgehead atoms. The highest BCUT2D eigenvalue weighted by molar-refractivity contribution is 6.24. The third-order valence-corrected chi connectivity index (χ3v) is 0.707. The minimum absolute atomic E-state index is 0.282. The van der Waals surface area contributed by atoms with Crippen molar-refractivity contribution in [2.75, 3.05) is 7.11 Å². The summed E-state index contributed by atoms with van der Waals surface area (Å²) in [5, 5.41) is 0. The van der Waals surface area contributed by atoms with Crippen LogP contribution in [0.25, 0.3) is 0 Å². The number of hydrogen-bond donors (Lipinski definition) is 0. The molecule has 0 saturated carbocycles. The van der Waals surface area contributed by atoms with E-state index < -0.39 is 0 Å². The zero-order valence-electron chi connectivity index (χ0n) is 2.99. The summed E-state index contributed by atoms with van der Waals surface area (Å²) in [6, 6.07) is 0. The molecule has 0 fully saturated rings. The Balaban J connectivity index is 1.97. The molecule has 0 amide bonds. The van der Waals surface area contributed by atoms with Gasteiger partial charge in [0.05, 0.1) is 0 Å². The van der Waals surface area contributed by atoms with Crippen LogP contribution >= 0.6 is 0 Å². The summed E-state index contributed by atoms with van der Waals surface area (Å²) >= 11 is 0.282. The van der Waals surface area contributed by atoms with Crippen molar-refractivity contribution in [3.63, 3.8) is 0 Å². The highest BCUT2D eigenvalue weighted by Gasteiger charge is 1.65. The van der Waals surface area contributed by atoms with E-state index in [0.29, 0.717) is 0 Å². The zero-order valence-corrected chi connectivity index (χ0v) is 4.14. The lowest BCUT2D eigenvalue weighted by Gasteiger charge is -1.73. The summed E-state index contributed by atoms with van der Waals surface area (Å²) in [4.78, 5) is 0. The van der Waals surface area contributed by atoms with Crippen molar-refractivity contribution in [2.24, 2.45) is 0 Å². The smallest absolute Gasteiger partial charge is 0.419 e. The van der Waals surface area contributed by atoms with Crippen molar-refractivity contribution in [3.8, 4) is 0 Å². The zero-order chi connectivity index (χ0) is 3.41. The second kappa shape index (κ2) is 3.49. The Morgan fingerprint density at radius 1 is 1.75 bits per heavy atom. The lowest BCUT2D eigenvalue weighted by molar-refractivity contribution is 0.446. The molecule has 0 aromatic heterocycles. The van der Waals surface area contributed by atoms with Crippen molar-refractivity contribution < 1.29 is 3.79 Å². The molecule has 23 valence electrons. The Hall–Kier alpha value is 0.492. The lowest BCUT2D eigenvalue weighted by atomic mass is 11.8. The van der Waals surface area contributed by atoms with Crippen LogP contribution in [0.4, 0.5) is 0 Å². The molecule has 0 atom stereocenters. The largest absolute Gasteiger partial charge is 0.509 e. The van der Waals surface area contributed by atoms with Gasteiger partial charge in [-0.2, -0.15) is 0 Å². The standard InChI is InChI=1S/CH3O.CH3.Al/c1-2;;/h1H3;1H3;/q-1;;+1. The van der Waals surface area contributed by atoms with Crippen LogP contribution in [0.5, 0.6) is 0 Å². The van der Waals surface area contributed by atoms with Crippen LogP contribution in [-0.4, -0.2) is 22.7 Å². The number of rotatable bonds is 1. The van der Waals surface area contributed by atoms with E-state index in [0.717, 1.165) is 0 Å². The normalized spacial score (nSPS) is 6.50. The van der Waals surface area contributed by atoms with Crippen molar-refractivity contribution >= 4 is 15.6 Å². The molecule has 0 aliphatic heterocycles. The predicted octanol–water partition coefficient (Wildman–Crippen LogP) is 0.300. The average molecular weight is 73.1 g/mol. The van der Waals surface area contributed by atoms with E-state index in [-0.39, 0.29) is 15.6 Å². The van der Waals surface area contributed by atoms with Gasteiger partial charge in [0, 0.05) is 7.11 Å². The van der Waals surface area contributed by atoms with E-state index in [4.69, 9.17) is 0 Å². The highest BCUT2D eigenvalue weighted by Crippen LogP contribution is 1.47. The van der Waals surface area contributed by atoms with Gasteiger partial charge in [0.15, 0.2) is 0 Å². The molecular formula is C2H6AlO. The fraction of sp³-hybridized carbons (Fsp3) is 1.00. The Labute approximate surface area is 33.0 Å². The van der Waals surface area contributed by atoms with E-state index in [2.05, 4.69) is 3.79 Å². The van der Waals surface area contributed by atoms with Crippen LogP contribution in [0.1, 0.15) is 0 Å². The maximum Gasteiger partial charge on any atom is 0.419 e. The van der Waals surface area contributed by atoms with Crippen molar-refractivity contribution in [1.29, 1.82) is 0 Å². The average Bonchev–Trinajstić information content (AvgIpc) is 1.37. The Bertz CT molecular complexity index is 8.00. The van der Waals surface area contributed by atoms with Crippen LogP contribution in [0.2, 0.25) is 5.79 Å². The van der Waals surface area contributed by atoms with Gasteiger partial charge in [-0.15, -0.1) is 0 Å². The molecule has 2 heteroatoms. The summed E-state index contributed by atoms with van der Waals surface area (Å²) in [5.41, 5.74) is 0. The molecule has 0 aromatic carbocycles. The maximum atomic E-state index is 4.62. The van der Waals surface area contributed by atoms with Crippen LogP contribution in [0, 0.1) is 0 Å². The fourth-order valence-corrected chi connectivity index (χ4v) is 0. The molecular weight excluding hydrogens is 67.0 g/mol. The lowest BCUT2D eigenvalue weighted by Crippen LogP contribution is -1.79. The van der Waals surface area contributed by atoms with E-state index in [9.17, 15) is 0 Å². The molecule has 1 nitrogen and oxygen atoms in total. The predicted molar refractivity (Wildman–Crippen MR) is 18.6 cm³/mol. The molecule has 1 radical (unpaired) electrons. The topological polar surface area (TPSA) is 9.23 Å². The van der Waals surface area contributed by atoms with Gasteiger partial charge in [-0.1, -0.05) is 5.79 Å². The first-order valence-electron chi connectivity index (χ1n) is 1.22. The minimum Gasteiger partial charge on any atom is -0.509 e. The Kier molecular flexibility index (Phi) is 3.92. The second-order valence-electron chi connectivity index (χ2n) is 0.471. The third kappa shape index (κ3) is 2.49. The van der Waals surface area contributed by atoms with Gasteiger partial charge in [-0.25, -0.2) is 0 Å². The molecule has 0 aromatic rings. The van der Waals surface area contributed by atoms with E-state index in [1.165, 1.54) is 0 Å². The molecule has 0 spiro atoms. The van der Waals surface area contributed by atoms with Crippen molar-refractivity contribution in [3.05, 3.63) is 0 Å². The molecule has 0 heterocycles. The summed E-state index contributed by atoms with van der Waals surface area (Å²) in [5.74, 6) is 2.04. The summed E-state index contributed by atoms with van der Waals surface area (Å²) < 4.78 is 4.62. The van der Waals surface area contributed by atoms with E-state index >= 15 is 0 Å². The molecule has 0 aliphatic carbocycles. The molecule has 0 N–H and O–H groups in total. The quantitative estimate of drug-likeness (QED) is 0.405. The highest BCUT2D eigenvalue weighted by atomic mass is 27.1. The fourth-order valence-electron chi connectivity index (χ4n) is 0. The molecule has 0 saturated heterocycles. The van der Waals surface area contributed by atoms with Gasteiger partial charge >= 0.3 is 15.6 Å². The molecule has 0 rings (SSSR count). The van der Waals surface area contributed by atoms with Gasteiger partial charge in [-0.05, 0) is 0 Å². The second-order valence-corrected chi connectivity index (χ2v) is 1.41. The maximum absolute atomic E-state index is 4.62. The summed E-state index contributed by atoms with van der Waals surface area (Å²) in [7, 11) is 1.72. The van der Waals surface area contributed by atoms with Crippen LogP contribution in [-0.2, 0) is 3.79 Å². The first-order valence-corrected chi connectivity index (χ1v) is 2.85. The molecule has 4 heavy (non-hydrogen) atoms. The van der Waals surface area contributed by atoms with Gasteiger partial charge in [0.25, 0.3) is 0 Å². The SMILES string of the molecule is C[O][Al][CH3]. The van der Waals surface area contributed by atoms with Crippen molar-refractivity contribution in [1.82, 2.24) is 0 Å². The van der Waals surface area contributed by atoms with Crippen LogP contribution in [0.15, 0.2) is 0 Å². The molecule has 0 unspecified atom stereocenters. The van der Waals surface area contributed by atoms with E-state index in [1.54, 1.807) is 7.11 Å². The monoisotopic (exact) mass is 73.0 g/mol. The van der Waals surface area contributed by atoms with E-state index in [1.807, 2.05) is 5.79 Å². The Morgan fingerprint density at radius 3 is 2.00 bits per heavy atom. The van der Waals surface area contributed by atoms with Gasteiger partial charge in [-0.3, -0.25) is 0 Å². The minimum atomic E-state index is 0.282. The van der Waals surface area contributed by atoms with Gasteiger partial charge in [0.1, 0.15) is 0 Å². The first-order chi connectivity index (χ1) is 1.91. The number of hydrogen-bond acceptors (Lipinski definition) is 1.